The summed E-state index contributed by atoms with van der Waals surface area (Å²) in [7, 11) is -10.3. The van der Waals surface area contributed by atoms with Crippen LogP contribution in [0.2, 0.25) is 0 Å². The average Bonchev–Trinajstić information content (AvgIpc) is 1.12. The van der Waals surface area contributed by atoms with Gasteiger partial charge in [-0.1, -0.05) is 0 Å². The second kappa shape index (κ2) is 8.89. The van der Waals surface area contributed by atoms with Crippen molar-refractivity contribution in [3.05, 3.63) is 0 Å². The molecule has 0 aliphatic carbocycles. The molecule has 0 aromatic rings. The smallest absolute Gasteiger partial charge is 0.759 e. The Labute approximate surface area is 102 Å². The summed E-state index contributed by atoms with van der Waals surface area (Å²) in [6, 6.07) is 0. The van der Waals surface area contributed by atoms with E-state index in [9.17, 15) is 0 Å². The number of hydrogen-bond acceptors (Lipinski definition) is 8. The fourth-order valence-electron chi connectivity index (χ4n) is 0. The van der Waals surface area contributed by atoms with Crippen LogP contribution in [0.4, 0.5) is 0 Å². The van der Waals surface area contributed by atoms with Crippen LogP contribution in [-0.4, -0.2) is 35.0 Å². The molecule has 8 nitrogen and oxygen atoms in total. The van der Waals surface area contributed by atoms with Crippen molar-refractivity contribution in [1.29, 1.82) is 0 Å². The first-order valence-corrected chi connectivity index (χ1v) is 4.00. The van der Waals surface area contributed by atoms with Crippen LogP contribution in [0.15, 0.2) is 0 Å². The van der Waals surface area contributed by atoms with Crippen LogP contribution < -0.4 is 0 Å². The number of rotatable bonds is 0. The summed E-state index contributed by atoms with van der Waals surface area (Å²) in [5, 5.41) is 0. The molecule has 0 heterocycles. The first-order chi connectivity index (χ1) is 4.00. The van der Waals surface area contributed by atoms with Crippen LogP contribution >= 0.6 is 0 Å². The van der Waals surface area contributed by atoms with E-state index in [4.69, 9.17) is 35.0 Å². The van der Waals surface area contributed by atoms with Gasteiger partial charge in [0.05, 0.1) is 0 Å². The topological polar surface area (TPSA) is 161 Å². The van der Waals surface area contributed by atoms with Gasteiger partial charge in [-0.2, -0.15) is 0 Å². The molecular weight excluding hydrogens is 478 g/mol. The molecule has 0 radical (unpaired) electrons. The van der Waals surface area contributed by atoms with E-state index >= 15 is 0 Å². The van der Waals surface area contributed by atoms with E-state index in [2.05, 4.69) is 0 Å². The van der Waals surface area contributed by atoms with Crippen LogP contribution in [-0.2, 0) is 68.1 Å². The Hall–Kier alpha value is 1.31. The van der Waals surface area contributed by atoms with Gasteiger partial charge in [-0.3, -0.25) is 16.8 Å². The molecule has 0 aromatic carbocycles. The summed E-state index contributed by atoms with van der Waals surface area (Å²) in [6.07, 6.45) is 0. The van der Waals surface area contributed by atoms with Crippen molar-refractivity contribution < 1.29 is 82.3 Å². The maximum atomic E-state index is 8.52. The van der Waals surface area contributed by atoms with Gasteiger partial charge in [-0.25, -0.2) is 0 Å². The molecule has 0 saturated carbocycles. The van der Waals surface area contributed by atoms with Gasteiger partial charge in [0.25, 0.3) is 0 Å². The molecule has 0 fully saturated rings. The van der Waals surface area contributed by atoms with Crippen molar-refractivity contribution in [3.63, 3.8) is 0 Å². The van der Waals surface area contributed by atoms with E-state index in [0.29, 0.717) is 0 Å². The summed E-state index contributed by atoms with van der Waals surface area (Å²) in [5.41, 5.74) is 0. The molecule has 0 atom stereocenters. The van der Waals surface area contributed by atoms with E-state index in [0.717, 1.165) is 0 Å². The van der Waals surface area contributed by atoms with Gasteiger partial charge >= 0.3 is 26.2 Å². The molecule has 0 aliphatic heterocycles. The summed E-state index contributed by atoms with van der Waals surface area (Å²) in [4.78, 5) is 0. The third kappa shape index (κ3) is 699. The zero-order valence-electron chi connectivity index (χ0n) is 4.90. The van der Waals surface area contributed by atoms with E-state index in [1.54, 1.807) is 0 Å². The van der Waals surface area contributed by atoms with Gasteiger partial charge in [-0.05, 0) is 0 Å². The number of hydrogen-bond donors (Lipinski definition) is 0. The average molecular weight is 478 g/mol. The molecule has 0 unspecified atom stereocenters. The zero-order valence-corrected chi connectivity index (χ0v) is 11.3. The van der Waals surface area contributed by atoms with Crippen molar-refractivity contribution >= 4 is 20.8 Å². The predicted octanol–water partition coefficient (Wildman–Crippen LogP) is -2.68. The summed E-state index contributed by atoms with van der Waals surface area (Å²) in [6.45, 7) is 0. The zero-order chi connectivity index (χ0) is 9.00. The molecule has 0 bridgehead atoms. The SMILES string of the molecule is O=S(=O)([O-])[O-].O=S(=O)([O-])[O-].[Pt].[Zr+4]. The molecule has 0 N–H and O–H groups in total. The Balaban J connectivity index is -0.0000000457. The molecule has 12 heteroatoms. The molecule has 0 saturated heterocycles. The first-order valence-electron chi connectivity index (χ1n) is 1.33. The van der Waals surface area contributed by atoms with Gasteiger partial charge in [-0.15, -0.1) is 0 Å². The second-order valence-electron chi connectivity index (χ2n) is 0.816. The third-order valence-electron chi connectivity index (χ3n) is 0. The minimum absolute atomic E-state index is 0. The van der Waals surface area contributed by atoms with Crippen molar-refractivity contribution in [2.75, 3.05) is 0 Å². The third-order valence-corrected chi connectivity index (χ3v) is 0. The summed E-state index contributed by atoms with van der Waals surface area (Å²) in [5.74, 6) is 0. The van der Waals surface area contributed by atoms with Crippen molar-refractivity contribution in [1.82, 2.24) is 0 Å². The summed E-state index contributed by atoms with van der Waals surface area (Å²) >= 11 is 0. The maximum absolute atomic E-state index is 8.52. The quantitative estimate of drug-likeness (QED) is 0.269. The largest absolute Gasteiger partial charge is 4.00 e. The van der Waals surface area contributed by atoms with Crippen LogP contribution in [0, 0.1) is 0 Å². The first kappa shape index (κ1) is 23.3. The van der Waals surface area contributed by atoms with Gasteiger partial charge in [0.15, 0.2) is 0 Å². The van der Waals surface area contributed by atoms with Gasteiger partial charge in [0.2, 0.25) is 0 Å². The van der Waals surface area contributed by atoms with E-state index in [1.807, 2.05) is 0 Å². The summed E-state index contributed by atoms with van der Waals surface area (Å²) < 4.78 is 68.2. The Morgan fingerprint density at radius 1 is 0.667 bits per heavy atom. The minimum Gasteiger partial charge on any atom is -0.759 e. The monoisotopic (exact) mass is 477 g/mol. The Kier molecular flexibility index (Phi) is 17.2. The van der Waals surface area contributed by atoms with Gasteiger partial charge < -0.3 is 18.2 Å². The molecule has 0 rings (SSSR count). The Morgan fingerprint density at radius 2 is 0.667 bits per heavy atom. The van der Waals surface area contributed by atoms with Gasteiger partial charge in [0.1, 0.15) is 0 Å². The normalized spacial score (nSPS) is 9.67. The van der Waals surface area contributed by atoms with E-state index < -0.39 is 20.8 Å². The fraction of sp³-hybridized carbons (Fsp3) is 0. The second-order valence-corrected chi connectivity index (χ2v) is 2.45. The van der Waals surface area contributed by atoms with Crippen molar-refractivity contribution in [3.8, 4) is 0 Å². The molecule has 0 amide bonds. The minimum atomic E-state index is -5.17. The van der Waals surface area contributed by atoms with Crippen molar-refractivity contribution in [2.24, 2.45) is 0 Å². The van der Waals surface area contributed by atoms with Crippen LogP contribution in [0.1, 0.15) is 0 Å². The van der Waals surface area contributed by atoms with Crippen molar-refractivity contribution in [2.45, 2.75) is 0 Å². The molecule has 0 aromatic heterocycles. The standard InChI is InChI=1S/2H2O4S.Pt.Zr/c2*1-5(2,3)4;;/h2*(H2,1,2,3,4);;/q;;;+4/p-4. The van der Waals surface area contributed by atoms with E-state index in [-0.39, 0.29) is 47.3 Å². The van der Waals surface area contributed by atoms with Gasteiger partial charge in [0, 0.05) is 41.9 Å². The molecule has 0 aliphatic rings. The molecule has 74 valence electrons. The molecular formula is O8PtS2Zr. The van der Waals surface area contributed by atoms with E-state index in [1.165, 1.54) is 0 Å². The molecule has 0 spiro atoms. The molecule has 12 heavy (non-hydrogen) atoms. The van der Waals surface area contributed by atoms with Crippen LogP contribution in [0.25, 0.3) is 0 Å². The maximum Gasteiger partial charge on any atom is 4.00 e. The Morgan fingerprint density at radius 3 is 0.667 bits per heavy atom. The fourth-order valence-corrected chi connectivity index (χ4v) is 0. The van der Waals surface area contributed by atoms with Crippen LogP contribution in [0.3, 0.4) is 0 Å². The Bertz CT molecular complexity index is 213. The van der Waals surface area contributed by atoms with Crippen LogP contribution in [0.5, 0.6) is 0 Å². The predicted molar refractivity (Wildman–Crippen MR) is 20.9 cm³/mol.